The number of rotatable bonds is 7. The van der Waals surface area contributed by atoms with E-state index in [-0.39, 0.29) is 18.1 Å². The molecule has 128 valence electrons. The van der Waals surface area contributed by atoms with E-state index >= 15 is 0 Å². The average molecular weight is 409 g/mol. The van der Waals surface area contributed by atoms with Crippen molar-refractivity contribution < 1.29 is 9.59 Å². The van der Waals surface area contributed by atoms with Crippen molar-refractivity contribution in [3.05, 3.63) is 62.8 Å². The number of hydrogen-bond acceptors (Lipinski definition) is 6. The maximum atomic E-state index is 12.1. The summed E-state index contributed by atoms with van der Waals surface area (Å²) in [7, 11) is 0. The number of thiophene rings is 1. The van der Waals surface area contributed by atoms with Crippen molar-refractivity contribution in [1.29, 1.82) is 0 Å². The number of Topliss-reactive ketones (excluding diaryl/α,β-unsaturated/α-hetero) is 1. The third kappa shape index (κ3) is 5.40. The van der Waals surface area contributed by atoms with Crippen molar-refractivity contribution in [2.24, 2.45) is 0 Å². The first kappa shape index (κ1) is 18.1. The van der Waals surface area contributed by atoms with Crippen LogP contribution in [0.4, 0.5) is 5.69 Å². The number of ketones is 1. The second-order valence-electron chi connectivity index (χ2n) is 5.03. The van der Waals surface area contributed by atoms with Crippen molar-refractivity contribution in [2.75, 3.05) is 11.1 Å². The fraction of sp³-hybridized carbons (Fsp3) is 0.118. The van der Waals surface area contributed by atoms with Crippen LogP contribution in [0.2, 0.25) is 5.02 Å². The van der Waals surface area contributed by atoms with Crippen LogP contribution >= 0.6 is 46.0 Å². The molecule has 1 amide bonds. The highest BCUT2D eigenvalue weighted by Crippen LogP contribution is 2.25. The summed E-state index contributed by atoms with van der Waals surface area (Å²) >= 11 is 10.2. The Morgan fingerprint density at radius 1 is 1.20 bits per heavy atom. The van der Waals surface area contributed by atoms with Gasteiger partial charge in [-0.25, -0.2) is 4.98 Å². The van der Waals surface area contributed by atoms with Gasteiger partial charge in [-0.2, -0.15) is 0 Å². The van der Waals surface area contributed by atoms with Gasteiger partial charge in [0.2, 0.25) is 5.91 Å². The summed E-state index contributed by atoms with van der Waals surface area (Å²) < 4.78 is 0.787. The van der Waals surface area contributed by atoms with Crippen molar-refractivity contribution in [3.8, 4) is 0 Å². The summed E-state index contributed by atoms with van der Waals surface area (Å²) in [6.07, 6.45) is 0.183. The Labute approximate surface area is 162 Å². The Kier molecular flexibility index (Phi) is 6.25. The van der Waals surface area contributed by atoms with Gasteiger partial charge in [0.1, 0.15) is 0 Å². The molecule has 0 radical (unpaired) electrons. The summed E-state index contributed by atoms with van der Waals surface area (Å²) in [5, 5.41) is 7.09. The van der Waals surface area contributed by atoms with Crippen LogP contribution in [0.15, 0.2) is 51.5 Å². The van der Waals surface area contributed by atoms with Gasteiger partial charge in [-0.3, -0.25) is 9.59 Å². The van der Waals surface area contributed by atoms with E-state index in [0.717, 1.165) is 9.22 Å². The number of halogens is 1. The first-order valence-corrected chi connectivity index (χ1v) is 10.4. The number of carbonyl (C=O) groups excluding carboxylic acids is 2. The van der Waals surface area contributed by atoms with Crippen LogP contribution in [0.25, 0.3) is 0 Å². The van der Waals surface area contributed by atoms with Gasteiger partial charge in [-0.05, 0) is 29.6 Å². The van der Waals surface area contributed by atoms with Gasteiger partial charge < -0.3 is 5.32 Å². The first-order valence-electron chi connectivity index (χ1n) is 7.29. The van der Waals surface area contributed by atoms with Crippen molar-refractivity contribution in [3.63, 3.8) is 0 Å². The van der Waals surface area contributed by atoms with E-state index < -0.39 is 0 Å². The normalized spacial score (nSPS) is 10.6. The minimum absolute atomic E-state index is 0.0930. The number of benzene rings is 1. The molecule has 2 aromatic heterocycles. The van der Waals surface area contributed by atoms with Gasteiger partial charge in [-0.15, -0.1) is 22.7 Å². The van der Waals surface area contributed by atoms with E-state index in [1.807, 2.05) is 22.9 Å². The molecule has 4 nitrogen and oxygen atoms in total. The Morgan fingerprint density at radius 2 is 2.08 bits per heavy atom. The van der Waals surface area contributed by atoms with Gasteiger partial charge in [0.15, 0.2) is 10.1 Å². The van der Waals surface area contributed by atoms with Crippen LogP contribution in [0, 0.1) is 0 Å². The molecule has 0 unspecified atom stereocenters. The van der Waals surface area contributed by atoms with Crippen LogP contribution in [-0.2, 0) is 11.2 Å². The predicted octanol–water partition coefficient (Wildman–Crippen LogP) is 5.01. The molecule has 1 aromatic carbocycles. The van der Waals surface area contributed by atoms with Crippen molar-refractivity contribution in [2.45, 2.75) is 10.8 Å². The smallest absolute Gasteiger partial charge is 0.230 e. The largest absolute Gasteiger partial charge is 0.326 e. The molecule has 2 heterocycles. The lowest BCUT2D eigenvalue weighted by molar-refractivity contribution is -0.115. The van der Waals surface area contributed by atoms with Gasteiger partial charge in [0.05, 0.1) is 22.7 Å². The highest BCUT2D eigenvalue weighted by molar-refractivity contribution is 8.01. The fourth-order valence-corrected chi connectivity index (χ4v) is 4.68. The van der Waals surface area contributed by atoms with E-state index in [0.29, 0.717) is 22.2 Å². The van der Waals surface area contributed by atoms with Gasteiger partial charge >= 0.3 is 0 Å². The maximum Gasteiger partial charge on any atom is 0.230 e. The third-order valence-electron chi connectivity index (χ3n) is 3.10. The number of amides is 1. The molecule has 3 aromatic rings. The minimum atomic E-state index is -0.154. The zero-order chi connectivity index (χ0) is 17.6. The molecule has 0 saturated carbocycles. The highest BCUT2D eigenvalue weighted by Gasteiger charge is 2.12. The van der Waals surface area contributed by atoms with E-state index in [1.54, 1.807) is 24.3 Å². The molecule has 3 rings (SSSR count). The van der Waals surface area contributed by atoms with Gasteiger partial charge in [-0.1, -0.05) is 35.5 Å². The topological polar surface area (TPSA) is 59.1 Å². The number of thioether (sulfide) groups is 1. The molecule has 0 bridgehead atoms. The van der Waals surface area contributed by atoms with Crippen LogP contribution in [0.3, 0.4) is 0 Å². The quantitative estimate of drug-likeness (QED) is 0.440. The number of nitrogens with zero attached hydrogens (tertiary/aromatic N) is 1. The Bertz CT molecular complexity index is 878. The van der Waals surface area contributed by atoms with E-state index in [4.69, 9.17) is 11.6 Å². The Hall–Kier alpha value is -1.67. The minimum Gasteiger partial charge on any atom is -0.326 e. The lowest BCUT2D eigenvalue weighted by Gasteiger charge is -2.04. The first-order chi connectivity index (χ1) is 12.1. The summed E-state index contributed by atoms with van der Waals surface area (Å²) in [4.78, 5) is 29.2. The summed E-state index contributed by atoms with van der Waals surface area (Å²) in [5.41, 5.74) is 1.35. The molecule has 0 aliphatic carbocycles. The summed E-state index contributed by atoms with van der Waals surface area (Å²) in [6, 6.07) is 10.7. The standard InChI is InChI=1S/C17H13ClN2O2S3/c18-11-3-1-4-12(7-11)19-16(22)8-13-9-24-17(20-13)25-10-14(21)15-5-2-6-23-15/h1-7,9H,8,10H2,(H,19,22). The summed E-state index contributed by atoms with van der Waals surface area (Å²) in [6.45, 7) is 0. The zero-order valence-electron chi connectivity index (χ0n) is 12.9. The number of nitrogens with one attached hydrogen (secondary N) is 1. The molecular formula is C17H13ClN2O2S3. The van der Waals surface area contributed by atoms with Crippen molar-refractivity contribution in [1.82, 2.24) is 4.98 Å². The Balaban J connectivity index is 1.51. The molecule has 1 N–H and O–H groups in total. The maximum absolute atomic E-state index is 12.1. The highest BCUT2D eigenvalue weighted by atomic mass is 35.5. The van der Waals surface area contributed by atoms with Crippen LogP contribution in [-0.4, -0.2) is 22.4 Å². The zero-order valence-corrected chi connectivity index (χ0v) is 16.1. The van der Waals surface area contributed by atoms with E-state index in [1.165, 1.54) is 34.4 Å². The second kappa shape index (κ2) is 8.62. The lowest BCUT2D eigenvalue weighted by atomic mass is 10.3. The van der Waals surface area contributed by atoms with Crippen LogP contribution < -0.4 is 5.32 Å². The van der Waals surface area contributed by atoms with Gasteiger partial charge in [0.25, 0.3) is 0 Å². The number of aromatic nitrogens is 1. The number of hydrogen-bond donors (Lipinski definition) is 1. The molecular weight excluding hydrogens is 396 g/mol. The number of carbonyl (C=O) groups is 2. The lowest BCUT2D eigenvalue weighted by Crippen LogP contribution is -2.14. The SMILES string of the molecule is O=C(Cc1csc(SCC(=O)c2cccs2)n1)Nc1cccc(Cl)c1. The molecule has 0 fully saturated rings. The molecule has 0 saturated heterocycles. The molecule has 0 spiro atoms. The molecule has 25 heavy (non-hydrogen) atoms. The molecule has 0 aliphatic heterocycles. The Morgan fingerprint density at radius 3 is 2.84 bits per heavy atom. The van der Waals surface area contributed by atoms with E-state index in [9.17, 15) is 9.59 Å². The second-order valence-corrected chi connectivity index (χ2v) is 8.49. The van der Waals surface area contributed by atoms with Crippen LogP contribution in [0.1, 0.15) is 15.4 Å². The molecule has 0 aliphatic rings. The number of anilines is 1. The van der Waals surface area contributed by atoms with Crippen molar-refractivity contribution >= 4 is 63.4 Å². The predicted molar refractivity (Wildman–Crippen MR) is 105 cm³/mol. The average Bonchev–Trinajstić information content (AvgIpc) is 3.24. The van der Waals surface area contributed by atoms with E-state index in [2.05, 4.69) is 10.3 Å². The van der Waals surface area contributed by atoms with Crippen LogP contribution in [0.5, 0.6) is 0 Å². The third-order valence-corrected chi connectivity index (χ3v) is 6.32. The summed E-state index contributed by atoms with van der Waals surface area (Å²) in [5.74, 6) is 0.288. The monoisotopic (exact) mass is 408 g/mol. The number of thiazole rings is 1. The van der Waals surface area contributed by atoms with Gasteiger partial charge in [0, 0.05) is 16.1 Å². The molecule has 8 heteroatoms. The molecule has 0 atom stereocenters. The fourth-order valence-electron chi connectivity index (χ4n) is 2.01.